The molecule has 0 spiro atoms. The molecular weight excluding hydrogens is 234 g/mol. The third kappa shape index (κ3) is 2.79. The lowest BCUT2D eigenvalue weighted by atomic mass is 9.83. The molecule has 0 aromatic heterocycles. The number of rotatable bonds is 3. The highest BCUT2D eigenvalue weighted by molar-refractivity contribution is 5.52. The average Bonchev–Trinajstić information content (AvgIpc) is 2.60. The van der Waals surface area contributed by atoms with Gasteiger partial charge in [0.2, 0.25) is 0 Å². The van der Waals surface area contributed by atoms with E-state index in [-0.39, 0.29) is 11.5 Å². The second kappa shape index (κ2) is 5.16. The number of hydrogen-bond acceptors (Lipinski definition) is 2. The maximum Gasteiger partial charge on any atom is 0.128 e. The van der Waals surface area contributed by atoms with Crippen LogP contribution in [0.25, 0.3) is 0 Å². The van der Waals surface area contributed by atoms with Gasteiger partial charge in [0.1, 0.15) is 11.9 Å². The van der Waals surface area contributed by atoms with Gasteiger partial charge >= 0.3 is 0 Å². The minimum Gasteiger partial charge on any atom is -0.488 e. The monoisotopic (exact) mass is 261 g/mol. The van der Waals surface area contributed by atoms with Crippen molar-refractivity contribution < 1.29 is 4.74 Å². The molecule has 2 nitrogen and oxygen atoms in total. The highest BCUT2D eigenvalue weighted by Gasteiger charge is 2.35. The van der Waals surface area contributed by atoms with Gasteiger partial charge in [-0.1, -0.05) is 45.4 Å². The number of benzene rings is 1. The highest BCUT2D eigenvalue weighted by atomic mass is 16.5. The Morgan fingerprint density at radius 3 is 2.53 bits per heavy atom. The molecule has 1 heterocycles. The molecule has 1 N–H and O–H groups in total. The van der Waals surface area contributed by atoms with Crippen molar-refractivity contribution in [3.63, 3.8) is 0 Å². The Hall–Kier alpha value is -1.02. The fraction of sp³-hybridized carbons (Fsp3) is 0.647. The van der Waals surface area contributed by atoms with E-state index < -0.39 is 0 Å². The second-order valence-corrected chi connectivity index (χ2v) is 6.74. The van der Waals surface area contributed by atoms with Crippen molar-refractivity contribution in [1.82, 2.24) is 5.32 Å². The fourth-order valence-corrected chi connectivity index (χ4v) is 2.80. The van der Waals surface area contributed by atoms with Crippen LogP contribution < -0.4 is 10.1 Å². The number of ether oxygens (including phenoxy) is 1. The van der Waals surface area contributed by atoms with Crippen molar-refractivity contribution in [2.75, 3.05) is 6.54 Å². The molecule has 1 aromatic rings. The summed E-state index contributed by atoms with van der Waals surface area (Å²) in [4.78, 5) is 0. The zero-order valence-corrected chi connectivity index (χ0v) is 13.1. The van der Waals surface area contributed by atoms with Crippen molar-refractivity contribution in [3.05, 3.63) is 28.8 Å². The summed E-state index contributed by atoms with van der Waals surface area (Å²) in [6.07, 6.45) is 1.36. The van der Waals surface area contributed by atoms with E-state index in [1.807, 2.05) is 0 Å². The number of hydrogen-bond donors (Lipinski definition) is 1. The van der Waals surface area contributed by atoms with Gasteiger partial charge in [0.15, 0.2) is 0 Å². The van der Waals surface area contributed by atoms with Gasteiger partial charge in [-0.05, 0) is 32.2 Å². The molecule has 2 heteroatoms. The molecule has 0 bridgehead atoms. The zero-order chi connectivity index (χ0) is 14.2. The van der Waals surface area contributed by atoms with Crippen LogP contribution >= 0.6 is 0 Å². The van der Waals surface area contributed by atoms with E-state index >= 15 is 0 Å². The molecule has 2 atom stereocenters. The largest absolute Gasteiger partial charge is 0.488 e. The maximum absolute atomic E-state index is 6.17. The minimum atomic E-state index is 0.121. The molecule has 0 radical (unpaired) electrons. The Bertz CT molecular complexity index is 459. The number of fused-ring (bicyclic) bond motifs is 1. The first-order valence-corrected chi connectivity index (χ1v) is 7.39. The molecule has 0 fully saturated rings. The Balaban J connectivity index is 2.45. The number of nitrogens with one attached hydrogen (secondary N) is 1. The smallest absolute Gasteiger partial charge is 0.128 e. The van der Waals surface area contributed by atoms with Crippen LogP contribution in [0.5, 0.6) is 5.75 Å². The van der Waals surface area contributed by atoms with Crippen LogP contribution in [0.3, 0.4) is 0 Å². The normalized spacial score (nSPS) is 22.2. The number of aryl methyl sites for hydroxylation is 1. The summed E-state index contributed by atoms with van der Waals surface area (Å²) in [7, 11) is 0. The van der Waals surface area contributed by atoms with Gasteiger partial charge in [-0.3, -0.25) is 0 Å². The molecule has 0 aliphatic carbocycles. The summed E-state index contributed by atoms with van der Waals surface area (Å²) >= 11 is 0. The Labute approximate surface area is 117 Å². The average molecular weight is 261 g/mol. The standard InChI is InChI=1S/C17H27NO/c1-7-8-18-15-12(3)19-16-13(15)9-11(2)10-14(16)17(4,5)6/h9-10,12,15,18H,7-8H2,1-6H3. The Morgan fingerprint density at radius 2 is 1.95 bits per heavy atom. The molecule has 2 rings (SSSR count). The van der Waals surface area contributed by atoms with Crippen LogP contribution in [0.1, 0.15) is 63.8 Å². The van der Waals surface area contributed by atoms with Crippen LogP contribution in [0, 0.1) is 6.92 Å². The van der Waals surface area contributed by atoms with Crippen LogP contribution in [0.2, 0.25) is 0 Å². The van der Waals surface area contributed by atoms with E-state index in [9.17, 15) is 0 Å². The SMILES string of the molecule is CCCNC1c2cc(C)cc(C(C)(C)C)c2OC1C. The van der Waals surface area contributed by atoms with Crippen molar-refractivity contribution in [1.29, 1.82) is 0 Å². The van der Waals surface area contributed by atoms with Crippen molar-refractivity contribution in [2.45, 2.75) is 65.5 Å². The van der Waals surface area contributed by atoms with Gasteiger partial charge < -0.3 is 10.1 Å². The summed E-state index contributed by atoms with van der Waals surface area (Å²) in [5.41, 5.74) is 4.11. The molecule has 106 valence electrons. The predicted molar refractivity (Wildman–Crippen MR) is 81.0 cm³/mol. The molecule has 1 aliphatic rings. The van der Waals surface area contributed by atoms with Gasteiger partial charge in [0, 0.05) is 11.1 Å². The zero-order valence-electron chi connectivity index (χ0n) is 13.1. The molecule has 19 heavy (non-hydrogen) atoms. The topological polar surface area (TPSA) is 21.3 Å². The first kappa shape index (κ1) is 14.4. The summed E-state index contributed by atoms with van der Waals surface area (Å²) < 4.78 is 6.17. The van der Waals surface area contributed by atoms with E-state index in [4.69, 9.17) is 4.74 Å². The Morgan fingerprint density at radius 1 is 1.26 bits per heavy atom. The first-order chi connectivity index (χ1) is 8.84. The molecule has 1 aliphatic heterocycles. The van der Waals surface area contributed by atoms with Crippen molar-refractivity contribution in [2.24, 2.45) is 0 Å². The molecular formula is C17H27NO. The lowest BCUT2D eigenvalue weighted by Crippen LogP contribution is -2.29. The van der Waals surface area contributed by atoms with E-state index in [1.54, 1.807) is 0 Å². The van der Waals surface area contributed by atoms with Gasteiger partial charge in [0.05, 0.1) is 6.04 Å². The lowest BCUT2D eigenvalue weighted by Gasteiger charge is -2.23. The molecule has 1 aromatic carbocycles. The van der Waals surface area contributed by atoms with Gasteiger partial charge in [-0.2, -0.15) is 0 Å². The van der Waals surface area contributed by atoms with E-state index in [0.29, 0.717) is 6.04 Å². The third-order valence-electron chi connectivity index (χ3n) is 3.79. The van der Waals surface area contributed by atoms with Crippen molar-refractivity contribution in [3.8, 4) is 5.75 Å². The molecule has 2 unspecified atom stereocenters. The molecule has 0 saturated heterocycles. The summed E-state index contributed by atoms with van der Waals surface area (Å²) in [5.74, 6) is 1.11. The minimum absolute atomic E-state index is 0.121. The van der Waals surface area contributed by atoms with E-state index in [1.165, 1.54) is 16.7 Å². The van der Waals surface area contributed by atoms with Crippen LogP contribution in [-0.4, -0.2) is 12.6 Å². The summed E-state index contributed by atoms with van der Waals surface area (Å²) in [6, 6.07) is 4.88. The first-order valence-electron chi connectivity index (χ1n) is 7.39. The van der Waals surface area contributed by atoms with Crippen LogP contribution in [-0.2, 0) is 5.41 Å². The summed E-state index contributed by atoms with van der Waals surface area (Å²) in [6.45, 7) is 14.3. The van der Waals surface area contributed by atoms with Crippen LogP contribution in [0.15, 0.2) is 12.1 Å². The lowest BCUT2D eigenvalue weighted by molar-refractivity contribution is 0.206. The maximum atomic E-state index is 6.17. The van der Waals surface area contributed by atoms with E-state index in [2.05, 4.69) is 59.0 Å². The summed E-state index contributed by atoms with van der Waals surface area (Å²) in [5, 5.41) is 3.62. The van der Waals surface area contributed by atoms with Gasteiger partial charge in [-0.25, -0.2) is 0 Å². The van der Waals surface area contributed by atoms with Gasteiger partial charge in [0.25, 0.3) is 0 Å². The third-order valence-corrected chi connectivity index (χ3v) is 3.79. The van der Waals surface area contributed by atoms with Crippen LogP contribution in [0.4, 0.5) is 0 Å². The van der Waals surface area contributed by atoms with E-state index in [0.717, 1.165) is 18.7 Å². The molecule has 0 saturated carbocycles. The fourth-order valence-electron chi connectivity index (χ4n) is 2.80. The predicted octanol–water partition coefficient (Wildman–Crippen LogP) is 4.11. The second-order valence-electron chi connectivity index (χ2n) is 6.74. The quantitative estimate of drug-likeness (QED) is 0.884. The van der Waals surface area contributed by atoms with Gasteiger partial charge in [-0.15, -0.1) is 0 Å². The Kier molecular flexibility index (Phi) is 3.91. The highest BCUT2D eigenvalue weighted by Crippen LogP contribution is 2.44. The molecule has 0 amide bonds. The van der Waals surface area contributed by atoms with Crippen molar-refractivity contribution >= 4 is 0 Å².